The predicted octanol–water partition coefficient (Wildman–Crippen LogP) is 5.10. The van der Waals surface area contributed by atoms with E-state index in [2.05, 4.69) is 54.2 Å². The second kappa shape index (κ2) is 11.0. The summed E-state index contributed by atoms with van der Waals surface area (Å²) >= 11 is 3.49. The minimum atomic E-state index is -0.170. The molecule has 0 aliphatic heterocycles. The van der Waals surface area contributed by atoms with Crippen LogP contribution in [0.5, 0.6) is 11.5 Å². The lowest BCUT2D eigenvalue weighted by Crippen LogP contribution is -2.32. The van der Waals surface area contributed by atoms with Gasteiger partial charge in [-0.25, -0.2) is 0 Å². The Morgan fingerprint density at radius 1 is 1.11 bits per heavy atom. The maximum Gasteiger partial charge on any atom is 0.258 e. The van der Waals surface area contributed by atoms with Gasteiger partial charge in [0.1, 0.15) is 18.1 Å². The second-order valence-corrected chi connectivity index (χ2v) is 7.58. The molecule has 2 rings (SSSR count). The molecule has 0 spiro atoms. The molecule has 0 saturated heterocycles. The predicted molar refractivity (Wildman–Crippen MR) is 113 cm³/mol. The van der Waals surface area contributed by atoms with Crippen molar-refractivity contribution in [2.75, 3.05) is 19.8 Å². The third-order valence-electron chi connectivity index (χ3n) is 4.14. The third kappa shape index (κ3) is 7.25. The third-order valence-corrected chi connectivity index (χ3v) is 4.76. The van der Waals surface area contributed by atoms with Crippen molar-refractivity contribution in [2.24, 2.45) is 0 Å². The zero-order valence-electron chi connectivity index (χ0n) is 16.3. The second-order valence-electron chi connectivity index (χ2n) is 6.73. The summed E-state index contributed by atoms with van der Waals surface area (Å²) in [5.74, 6) is 1.76. The number of rotatable bonds is 10. The topological polar surface area (TPSA) is 47.6 Å². The van der Waals surface area contributed by atoms with Crippen molar-refractivity contribution in [3.63, 3.8) is 0 Å². The summed E-state index contributed by atoms with van der Waals surface area (Å²) in [5, 5.41) is 2.80. The van der Waals surface area contributed by atoms with E-state index >= 15 is 0 Å². The van der Waals surface area contributed by atoms with Crippen LogP contribution < -0.4 is 14.8 Å². The summed E-state index contributed by atoms with van der Waals surface area (Å²) in [6.45, 7) is 7.27. The van der Waals surface area contributed by atoms with Gasteiger partial charge < -0.3 is 14.8 Å². The van der Waals surface area contributed by atoms with Crippen LogP contribution in [0, 0.1) is 0 Å². The Morgan fingerprint density at radius 2 is 1.85 bits per heavy atom. The zero-order valence-corrected chi connectivity index (χ0v) is 17.8. The van der Waals surface area contributed by atoms with Crippen LogP contribution in [-0.4, -0.2) is 25.7 Å². The molecule has 4 nitrogen and oxygen atoms in total. The van der Waals surface area contributed by atoms with Crippen LogP contribution >= 0.6 is 15.9 Å². The van der Waals surface area contributed by atoms with Crippen LogP contribution in [-0.2, 0) is 11.2 Å². The van der Waals surface area contributed by atoms with Gasteiger partial charge in [-0.15, -0.1) is 0 Å². The molecule has 2 aromatic rings. The van der Waals surface area contributed by atoms with Gasteiger partial charge in [-0.1, -0.05) is 45.4 Å². The van der Waals surface area contributed by atoms with Gasteiger partial charge in [-0.3, -0.25) is 4.79 Å². The summed E-state index contributed by atoms with van der Waals surface area (Å²) in [4.78, 5) is 11.9. The van der Waals surface area contributed by atoms with E-state index in [0.29, 0.717) is 24.8 Å². The smallest absolute Gasteiger partial charge is 0.258 e. The summed E-state index contributed by atoms with van der Waals surface area (Å²) in [7, 11) is 0. The first-order valence-electron chi connectivity index (χ1n) is 9.40. The van der Waals surface area contributed by atoms with Gasteiger partial charge in [-0.05, 0) is 63.7 Å². The largest absolute Gasteiger partial charge is 0.492 e. The maximum absolute atomic E-state index is 11.9. The molecule has 1 N–H and O–H groups in total. The molecule has 0 aromatic heterocycles. The van der Waals surface area contributed by atoms with E-state index in [0.717, 1.165) is 23.1 Å². The van der Waals surface area contributed by atoms with Crippen molar-refractivity contribution < 1.29 is 14.3 Å². The van der Waals surface area contributed by atoms with Gasteiger partial charge in [0, 0.05) is 0 Å². The molecule has 146 valence electrons. The van der Waals surface area contributed by atoms with Gasteiger partial charge in [0.2, 0.25) is 0 Å². The molecule has 1 amide bonds. The Morgan fingerprint density at radius 3 is 2.48 bits per heavy atom. The Balaban J connectivity index is 1.67. The number of aryl methyl sites for hydroxylation is 1. The zero-order chi connectivity index (χ0) is 19.6. The molecule has 27 heavy (non-hydrogen) atoms. The standard InChI is InChI=1S/C22H28BrNO3/c1-4-5-17-6-9-19(10-7-17)26-13-12-24-22(25)15-27-21-11-8-18(16(2)3)14-20(21)23/h6-11,14,16H,4-5,12-13,15H2,1-3H3,(H,24,25). The highest BCUT2D eigenvalue weighted by Gasteiger charge is 2.08. The van der Waals surface area contributed by atoms with Crippen LogP contribution in [0.4, 0.5) is 0 Å². The fourth-order valence-electron chi connectivity index (χ4n) is 2.59. The van der Waals surface area contributed by atoms with Gasteiger partial charge in [0.05, 0.1) is 11.0 Å². The number of hydrogen-bond donors (Lipinski definition) is 1. The normalized spacial score (nSPS) is 10.7. The minimum Gasteiger partial charge on any atom is -0.492 e. The van der Waals surface area contributed by atoms with Crippen LogP contribution in [0.15, 0.2) is 46.9 Å². The molecular weight excluding hydrogens is 406 g/mol. The van der Waals surface area contributed by atoms with E-state index in [1.807, 2.05) is 30.3 Å². The summed E-state index contributed by atoms with van der Waals surface area (Å²) in [6.07, 6.45) is 2.21. The molecule has 0 fully saturated rings. The highest BCUT2D eigenvalue weighted by molar-refractivity contribution is 9.10. The van der Waals surface area contributed by atoms with Crippen molar-refractivity contribution in [1.29, 1.82) is 0 Å². The van der Waals surface area contributed by atoms with Crippen molar-refractivity contribution in [3.05, 3.63) is 58.1 Å². The summed E-state index contributed by atoms with van der Waals surface area (Å²) in [6, 6.07) is 14.0. The first-order chi connectivity index (χ1) is 13.0. The van der Waals surface area contributed by atoms with Crippen molar-refractivity contribution >= 4 is 21.8 Å². The number of hydrogen-bond acceptors (Lipinski definition) is 3. The van der Waals surface area contributed by atoms with Crippen LogP contribution in [0.1, 0.15) is 44.2 Å². The average molecular weight is 434 g/mol. The van der Waals surface area contributed by atoms with E-state index in [1.54, 1.807) is 0 Å². The first kappa shape index (κ1) is 21.3. The summed E-state index contributed by atoms with van der Waals surface area (Å²) < 4.78 is 12.1. The summed E-state index contributed by atoms with van der Waals surface area (Å²) in [5.41, 5.74) is 2.53. The fourth-order valence-corrected chi connectivity index (χ4v) is 3.10. The number of amides is 1. The number of carbonyl (C=O) groups is 1. The molecule has 0 aliphatic rings. The van der Waals surface area contributed by atoms with Crippen molar-refractivity contribution in [2.45, 2.75) is 39.5 Å². The number of benzene rings is 2. The average Bonchev–Trinajstić information content (AvgIpc) is 2.65. The molecule has 2 aromatic carbocycles. The highest BCUT2D eigenvalue weighted by Crippen LogP contribution is 2.28. The fraction of sp³-hybridized carbons (Fsp3) is 0.409. The van der Waals surface area contributed by atoms with E-state index in [4.69, 9.17) is 9.47 Å². The molecule has 0 heterocycles. The molecule has 0 bridgehead atoms. The minimum absolute atomic E-state index is 0.0225. The maximum atomic E-state index is 11.9. The highest BCUT2D eigenvalue weighted by atomic mass is 79.9. The first-order valence-corrected chi connectivity index (χ1v) is 10.2. The lowest BCUT2D eigenvalue weighted by Gasteiger charge is -2.12. The Kier molecular flexibility index (Phi) is 8.65. The Hall–Kier alpha value is -2.01. The Labute approximate surface area is 170 Å². The van der Waals surface area contributed by atoms with Gasteiger partial charge in [-0.2, -0.15) is 0 Å². The van der Waals surface area contributed by atoms with E-state index in [1.165, 1.54) is 11.1 Å². The monoisotopic (exact) mass is 433 g/mol. The quantitative estimate of drug-likeness (QED) is 0.530. The molecule has 0 radical (unpaired) electrons. The molecular formula is C22H28BrNO3. The molecule has 0 atom stereocenters. The number of halogens is 1. The molecule has 0 saturated carbocycles. The van der Waals surface area contributed by atoms with E-state index in [9.17, 15) is 4.79 Å². The number of carbonyl (C=O) groups excluding carboxylic acids is 1. The van der Waals surface area contributed by atoms with Crippen LogP contribution in [0.3, 0.4) is 0 Å². The van der Waals surface area contributed by atoms with Gasteiger partial charge >= 0.3 is 0 Å². The van der Waals surface area contributed by atoms with E-state index in [-0.39, 0.29) is 12.5 Å². The van der Waals surface area contributed by atoms with Crippen LogP contribution in [0.2, 0.25) is 0 Å². The molecule has 0 aliphatic carbocycles. The molecule has 5 heteroatoms. The lowest BCUT2D eigenvalue weighted by atomic mass is 10.0. The molecule has 0 unspecified atom stereocenters. The van der Waals surface area contributed by atoms with Gasteiger partial charge in [0.25, 0.3) is 5.91 Å². The van der Waals surface area contributed by atoms with Crippen molar-refractivity contribution in [3.8, 4) is 11.5 Å². The van der Waals surface area contributed by atoms with E-state index < -0.39 is 0 Å². The SMILES string of the molecule is CCCc1ccc(OCCNC(=O)COc2ccc(C(C)C)cc2Br)cc1. The Bertz CT molecular complexity index is 729. The van der Waals surface area contributed by atoms with Crippen molar-refractivity contribution in [1.82, 2.24) is 5.32 Å². The van der Waals surface area contributed by atoms with Gasteiger partial charge in [0.15, 0.2) is 6.61 Å². The number of nitrogens with one attached hydrogen (secondary N) is 1. The number of ether oxygens (including phenoxy) is 2. The lowest BCUT2D eigenvalue weighted by molar-refractivity contribution is -0.123. The van der Waals surface area contributed by atoms with Crippen LogP contribution in [0.25, 0.3) is 0 Å².